The van der Waals surface area contributed by atoms with Crippen molar-refractivity contribution in [2.24, 2.45) is 5.73 Å². The summed E-state index contributed by atoms with van der Waals surface area (Å²) in [6.45, 7) is 4.81. The summed E-state index contributed by atoms with van der Waals surface area (Å²) >= 11 is 0. The zero-order chi connectivity index (χ0) is 9.42. The molecule has 70 valence electrons. The van der Waals surface area contributed by atoms with Crippen molar-refractivity contribution < 1.29 is 4.74 Å². The van der Waals surface area contributed by atoms with E-state index < -0.39 is 0 Å². The molecule has 0 unspecified atom stereocenters. The molecule has 1 aliphatic heterocycles. The van der Waals surface area contributed by atoms with Crippen LogP contribution in [-0.2, 0) is 11.3 Å². The fourth-order valence-electron chi connectivity index (χ4n) is 1.76. The molecule has 0 saturated carbocycles. The molecule has 13 heavy (non-hydrogen) atoms. The van der Waals surface area contributed by atoms with E-state index in [1.807, 2.05) is 6.92 Å². The maximum absolute atomic E-state index is 6.01. The van der Waals surface area contributed by atoms with E-state index in [1.54, 1.807) is 0 Å². The third kappa shape index (κ3) is 1.47. The van der Waals surface area contributed by atoms with Gasteiger partial charge in [-0.2, -0.15) is 0 Å². The molecule has 0 saturated heterocycles. The first-order valence-electron chi connectivity index (χ1n) is 4.65. The summed E-state index contributed by atoms with van der Waals surface area (Å²) in [6, 6.07) is 6.41. The van der Waals surface area contributed by atoms with Crippen LogP contribution >= 0.6 is 0 Å². The van der Waals surface area contributed by atoms with Gasteiger partial charge in [0, 0.05) is 0 Å². The smallest absolute Gasteiger partial charge is 0.0744 e. The highest BCUT2D eigenvalue weighted by Gasteiger charge is 2.23. The largest absolute Gasteiger partial charge is 0.372 e. The van der Waals surface area contributed by atoms with Gasteiger partial charge >= 0.3 is 0 Å². The minimum Gasteiger partial charge on any atom is -0.372 e. The van der Waals surface area contributed by atoms with Crippen LogP contribution in [0.2, 0.25) is 0 Å². The lowest BCUT2D eigenvalue weighted by atomic mass is 9.94. The first-order valence-corrected chi connectivity index (χ1v) is 4.65. The van der Waals surface area contributed by atoms with Crippen molar-refractivity contribution >= 4 is 0 Å². The van der Waals surface area contributed by atoms with E-state index >= 15 is 0 Å². The molecule has 2 rings (SSSR count). The Balaban J connectivity index is 2.44. The first-order chi connectivity index (χ1) is 6.18. The molecule has 0 spiro atoms. The second kappa shape index (κ2) is 3.13. The van der Waals surface area contributed by atoms with Gasteiger partial charge in [-0.25, -0.2) is 0 Å². The Morgan fingerprint density at radius 1 is 1.46 bits per heavy atom. The van der Waals surface area contributed by atoms with Crippen LogP contribution in [0.15, 0.2) is 18.2 Å². The summed E-state index contributed by atoms with van der Waals surface area (Å²) in [5, 5.41) is 0. The highest BCUT2D eigenvalue weighted by atomic mass is 16.5. The lowest BCUT2D eigenvalue weighted by Crippen LogP contribution is -2.31. The maximum atomic E-state index is 6.01. The molecule has 1 aromatic rings. The number of benzene rings is 1. The van der Waals surface area contributed by atoms with Gasteiger partial charge in [0.2, 0.25) is 0 Å². The second-order valence-corrected chi connectivity index (χ2v) is 3.74. The molecule has 0 aromatic heterocycles. The van der Waals surface area contributed by atoms with E-state index in [-0.39, 0.29) is 12.1 Å². The third-order valence-electron chi connectivity index (χ3n) is 2.67. The van der Waals surface area contributed by atoms with Crippen LogP contribution in [-0.4, -0.2) is 6.10 Å². The van der Waals surface area contributed by atoms with Crippen LogP contribution in [0.1, 0.15) is 29.7 Å². The maximum Gasteiger partial charge on any atom is 0.0744 e. The molecule has 0 radical (unpaired) electrons. The van der Waals surface area contributed by atoms with Crippen molar-refractivity contribution in [1.82, 2.24) is 0 Å². The van der Waals surface area contributed by atoms with Crippen LogP contribution in [0.25, 0.3) is 0 Å². The molecule has 2 nitrogen and oxygen atoms in total. The topological polar surface area (TPSA) is 35.2 Å². The minimum absolute atomic E-state index is 0.0318. The van der Waals surface area contributed by atoms with Crippen molar-refractivity contribution in [3.05, 3.63) is 34.9 Å². The van der Waals surface area contributed by atoms with Gasteiger partial charge in [-0.1, -0.05) is 23.8 Å². The molecule has 0 fully saturated rings. The van der Waals surface area contributed by atoms with Crippen LogP contribution in [0.3, 0.4) is 0 Å². The summed E-state index contributed by atoms with van der Waals surface area (Å²) in [6.07, 6.45) is 0.134. The zero-order valence-electron chi connectivity index (χ0n) is 8.08. The number of rotatable bonds is 0. The van der Waals surface area contributed by atoms with Crippen LogP contribution in [0, 0.1) is 6.92 Å². The van der Waals surface area contributed by atoms with Crippen molar-refractivity contribution in [2.75, 3.05) is 0 Å². The van der Waals surface area contributed by atoms with Crippen molar-refractivity contribution in [1.29, 1.82) is 0 Å². The monoisotopic (exact) mass is 177 g/mol. The summed E-state index contributed by atoms with van der Waals surface area (Å²) in [7, 11) is 0. The number of hydrogen-bond donors (Lipinski definition) is 1. The Kier molecular flexibility index (Phi) is 2.10. The zero-order valence-corrected chi connectivity index (χ0v) is 8.08. The van der Waals surface area contributed by atoms with Crippen LogP contribution in [0.4, 0.5) is 0 Å². The van der Waals surface area contributed by atoms with Gasteiger partial charge in [-0.15, -0.1) is 0 Å². The predicted octanol–water partition coefficient (Wildman–Crippen LogP) is 1.91. The molecule has 2 N–H and O–H groups in total. The van der Waals surface area contributed by atoms with Crippen LogP contribution in [0.5, 0.6) is 0 Å². The van der Waals surface area contributed by atoms with Crippen LogP contribution < -0.4 is 5.73 Å². The van der Waals surface area contributed by atoms with Gasteiger partial charge in [0.05, 0.1) is 18.8 Å². The standard InChI is InChI=1S/C11H15NO/c1-7-3-4-10-9(5-7)6-13-8(2)11(10)12/h3-5,8,11H,6,12H2,1-2H3/t8-,11-/m1/s1. The van der Waals surface area contributed by atoms with Crippen molar-refractivity contribution in [3.8, 4) is 0 Å². The van der Waals surface area contributed by atoms with Gasteiger partial charge in [-0.05, 0) is 25.0 Å². The highest BCUT2D eigenvalue weighted by Crippen LogP contribution is 2.27. The predicted molar refractivity (Wildman–Crippen MR) is 52.4 cm³/mol. The summed E-state index contributed by atoms with van der Waals surface area (Å²) in [5.41, 5.74) is 9.76. The Morgan fingerprint density at radius 3 is 3.00 bits per heavy atom. The average Bonchev–Trinajstić information content (AvgIpc) is 2.12. The molecule has 0 amide bonds. The Hall–Kier alpha value is -0.860. The van der Waals surface area contributed by atoms with Gasteiger partial charge in [0.15, 0.2) is 0 Å². The number of nitrogens with two attached hydrogens (primary N) is 1. The van der Waals surface area contributed by atoms with Gasteiger partial charge in [-0.3, -0.25) is 0 Å². The SMILES string of the molecule is Cc1ccc2c(c1)CO[C@H](C)[C@H]2N. The highest BCUT2D eigenvalue weighted by molar-refractivity contribution is 5.35. The summed E-state index contributed by atoms with van der Waals surface area (Å²) in [5.74, 6) is 0. The van der Waals surface area contributed by atoms with E-state index in [4.69, 9.17) is 10.5 Å². The molecular weight excluding hydrogens is 162 g/mol. The Morgan fingerprint density at radius 2 is 2.23 bits per heavy atom. The number of ether oxygens (including phenoxy) is 1. The van der Waals surface area contributed by atoms with Gasteiger partial charge in [0.1, 0.15) is 0 Å². The number of aryl methyl sites for hydroxylation is 1. The Bertz CT molecular complexity index is 322. The first kappa shape index (κ1) is 8.73. The van der Waals surface area contributed by atoms with Gasteiger partial charge in [0.25, 0.3) is 0 Å². The second-order valence-electron chi connectivity index (χ2n) is 3.74. The summed E-state index contributed by atoms with van der Waals surface area (Å²) in [4.78, 5) is 0. The third-order valence-corrected chi connectivity index (χ3v) is 2.67. The summed E-state index contributed by atoms with van der Waals surface area (Å²) < 4.78 is 5.55. The molecular formula is C11H15NO. The van der Waals surface area contributed by atoms with E-state index in [0.29, 0.717) is 6.61 Å². The number of hydrogen-bond acceptors (Lipinski definition) is 2. The normalized spacial score (nSPS) is 27.0. The fourth-order valence-corrected chi connectivity index (χ4v) is 1.76. The van der Waals surface area contributed by atoms with E-state index in [9.17, 15) is 0 Å². The van der Waals surface area contributed by atoms with Crippen molar-refractivity contribution in [3.63, 3.8) is 0 Å². The van der Waals surface area contributed by atoms with Gasteiger partial charge < -0.3 is 10.5 Å². The average molecular weight is 177 g/mol. The molecule has 0 aliphatic carbocycles. The molecule has 1 aliphatic rings. The lowest BCUT2D eigenvalue weighted by molar-refractivity contribution is 0.0213. The van der Waals surface area contributed by atoms with Crippen molar-refractivity contribution in [2.45, 2.75) is 32.6 Å². The Labute approximate surface area is 78.7 Å². The van der Waals surface area contributed by atoms with E-state index in [0.717, 1.165) is 0 Å². The molecule has 2 heteroatoms. The number of fused-ring (bicyclic) bond motifs is 1. The fraction of sp³-hybridized carbons (Fsp3) is 0.455. The quantitative estimate of drug-likeness (QED) is 0.657. The molecule has 0 bridgehead atoms. The molecule has 1 heterocycles. The van der Waals surface area contributed by atoms with E-state index in [1.165, 1.54) is 16.7 Å². The molecule has 2 atom stereocenters. The lowest BCUT2D eigenvalue weighted by Gasteiger charge is -2.28. The molecule has 1 aromatic carbocycles. The minimum atomic E-state index is 0.0318. The van der Waals surface area contributed by atoms with E-state index in [2.05, 4.69) is 25.1 Å².